The molecule has 0 radical (unpaired) electrons. The largest absolute Gasteiger partial charge is 0.384 e. The van der Waals surface area contributed by atoms with Crippen molar-refractivity contribution in [3.8, 4) is 11.3 Å². The van der Waals surface area contributed by atoms with Crippen molar-refractivity contribution in [1.29, 1.82) is 0 Å². The first-order valence-corrected chi connectivity index (χ1v) is 6.65. The SMILES string of the molecule is CCCc1ccc(-c2cc(=O)n3[nH]c(N)cc3n2)cc1. The molecule has 3 N–H and O–H groups in total. The fourth-order valence-corrected chi connectivity index (χ4v) is 2.29. The van der Waals surface area contributed by atoms with Gasteiger partial charge in [-0.25, -0.2) is 4.98 Å². The van der Waals surface area contributed by atoms with Gasteiger partial charge >= 0.3 is 0 Å². The lowest BCUT2D eigenvalue weighted by Gasteiger charge is -2.03. The summed E-state index contributed by atoms with van der Waals surface area (Å²) in [6.07, 6.45) is 2.18. The van der Waals surface area contributed by atoms with Crippen LogP contribution in [0.15, 0.2) is 41.2 Å². The third-order valence-electron chi connectivity index (χ3n) is 3.26. The van der Waals surface area contributed by atoms with E-state index in [9.17, 15) is 4.79 Å². The van der Waals surface area contributed by atoms with Gasteiger partial charge in [0.25, 0.3) is 5.56 Å². The smallest absolute Gasteiger partial charge is 0.273 e. The second kappa shape index (κ2) is 4.85. The highest BCUT2D eigenvalue weighted by Crippen LogP contribution is 2.18. The van der Waals surface area contributed by atoms with E-state index >= 15 is 0 Å². The van der Waals surface area contributed by atoms with Crippen LogP contribution in [-0.4, -0.2) is 14.6 Å². The molecule has 102 valence electrons. The first-order chi connectivity index (χ1) is 9.67. The molecule has 0 aliphatic rings. The van der Waals surface area contributed by atoms with Crippen molar-refractivity contribution in [2.45, 2.75) is 19.8 Å². The van der Waals surface area contributed by atoms with Gasteiger partial charge in [0, 0.05) is 17.7 Å². The number of benzene rings is 1. The molecule has 0 atom stereocenters. The minimum atomic E-state index is -0.167. The maximum atomic E-state index is 12.0. The van der Waals surface area contributed by atoms with Crippen LogP contribution in [0, 0.1) is 0 Å². The Morgan fingerprint density at radius 3 is 2.70 bits per heavy atom. The van der Waals surface area contributed by atoms with Gasteiger partial charge in [-0.15, -0.1) is 0 Å². The molecule has 5 nitrogen and oxygen atoms in total. The molecule has 3 aromatic rings. The summed E-state index contributed by atoms with van der Waals surface area (Å²) in [5.41, 5.74) is 8.90. The Morgan fingerprint density at radius 1 is 1.25 bits per heavy atom. The van der Waals surface area contributed by atoms with E-state index in [1.165, 1.54) is 16.1 Å². The van der Waals surface area contributed by atoms with E-state index in [-0.39, 0.29) is 5.56 Å². The number of nitrogens with two attached hydrogens (primary N) is 1. The van der Waals surface area contributed by atoms with Crippen molar-refractivity contribution < 1.29 is 0 Å². The van der Waals surface area contributed by atoms with Crippen LogP contribution in [-0.2, 0) is 6.42 Å². The Kier molecular flexibility index (Phi) is 3.02. The molecule has 2 aromatic heterocycles. The minimum Gasteiger partial charge on any atom is -0.384 e. The number of rotatable bonds is 3. The summed E-state index contributed by atoms with van der Waals surface area (Å²) in [7, 11) is 0. The van der Waals surface area contributed by atoms with Gasteiger partial charge < -0.3 is 5.73 Å². The van der Waals surface area contributed by atoms with Crippen LogP contribution < -0.4 is 11.3 Å². The molecule has 20 heavy (non-hydrogen) atoms. The monoisotopic (exact) mass is 268 g/mol. The fourth-order valence-electron chi connectivity index (χ4n) is 2.29. The maximum absolute atomic E-state index is 12.0. The van der Waals surface area contributed by atoms with Gasteiger partial charge in [-0.05, 0) is 12.0 Å². The van der Waals surface area contributed by atoms with Crippen molar-refractivity contribution in [2.24, 2.45) is 0 Å². The molecule has 0 aliphatic carbocycles. The van der Waals surface area contributed by atoms with E-state index in [0.717, 1.165) is 18.4 Å². The topological polar surface area (TPSA) is 76.2 Å². The number of aryl methyl sites for hydroxylation is 1. The standard InChI is InChI=1S/C15H16N4O/c1-2-3-10-4-6-11(7-5-10)12-8-15(20)19-14(17-12)9-13(16)18-19/h4-9,18H,2-3,16H2,1H3. The summed E-state index contributed by atoms with van der Waals surface area (Å²) in [6.45, 7) is 2.15. The molecule has 0 aliphatic heterocycles. The Bertz CT molecular complexity index is 799. The average molecular weight is 268 g/mol. The summed E-state index contributed by atoms with van der Waals surface area (Å²) in [5.74, 6) is 0.421. The Balaban J connectivity index is 2.07. The van der Waals surface area contributed by atoms with Gasteiger partial charge in [0.15, 0.2) is 5.65 Å². The van der Waals surface area contributed by atoms with E-state index in [0.29, 0.717) is 17.2 Å². The molecule has 0 bridgehead atoms. The van der Waals surface area contributed by atoms with Crippen molar-refractivity contribution in [1.82, 2.24) is 14.6 Å². The van der Waals surface area contributed by atoms with E-state index in [1.807, 2.05) is 12.1 Å². The van der Waals surface area contributed by atoms with Gasteiger partial charge in [0.1, 0.15) is 5.82 Å². The molecule has 0 unspecified atom stereocenters. The fraction of sp³-hybridized carbons (Fsp3) is 0.200. The molecule has 0 spiro atoms. The quantitative estimate of drug-likeness (QED) is 0.764. The Morgan fingerprint density at radius 2 is 2.00 bits per heavy atom. The second-order valence-corrected chi connectivity index (χ2v) is 4.83. The highest BCUT2D eigenvalue weighted by molar-refractivity contribution is 5.62. The molecule has 5 heteroatoms. The first-order valence-electron chi connectivity index (χ1n) is 6.65. The zero-order valence-corrected chi connectivity index (χ0v) is 11.3. The van der Waals surface area contributed by atoms with Crippen LogP contribution in [0.3, 0.4) is 0 Å². The van der Waals surface area contributed by atoms with Crippen LogP contribution in [0.4, 0.5) is 5.82 Å². The summed E-state index contributed by atoms with van der Waals surface area (Å²) in [5, 5.41) is 2.75. The zero-order valence-electron chi connectivity index (χ0n) is 11.3. The summed E-state index contributed by atoms with van der Waals surface area (Å²) >= 11 is 0. The number of fused-ring (bicyclic) bond motifs is 1. The predicted molar refractivity (Wildman–Crippen MR) is 79.7 cm³/mol. The third kappa shape index (κ3) is 2.18. The predicted octanol–water partition coefficient (Wildman–Crippen LogP) is 2.22. The Labute approximate surface area is 116 Å². The molecule has 0 saturated carbocycles. The lowest BCUT2D eigenvalue weighted by molar-refractivity contribution is 0.906. The van der Waals surface area contributed by atoms with Crippen LogP contribution in [0.25, 0.3) is 16.9 Å². The molecule has 0 saturated heterocycles. The van der Waals surface area contributed by atoms with E-state index in [4.69, 9.17) is 5.73 Å². The normalized spacial score (nSPS) is 11.1. The van der Waals surface area contributed by atoms with Crippen LogP contribution in [0.2, 0.25) is 0 Å². The van der Waals surface area contributed by atoms with Crippen molar-refractivity contribution in [2.75, 3.05) is 5.73 Å². The lowest BCUT2D eigenvalue weighted by atomic mass is 10.1. The zero-order chi connectivity index (χ0) is 14.1. The summed E-state index contributed by atoms with van der Waals surface area (Å²) in [6, 6.07) is 11.3. The molecule has 2 heterocycles. The second-order valence-electron chi connectivity index (χ2n) is 4.83. The first kappa shape index (κ1) is 12.5. The minimum absolute atomic E-state index is 0.167. The number of anilines is 1. The number of aromatic nitrogens is 3. The van der Waals surface area contributed by atoms with Gasteiger partial charge in [-0.3, -0.25) is 9.89 Å². The van der Waals surface area contributed by atoms with E-state index < -0.39 is 0 Å². The molecule has 0 fully saturated rings. The van der Waals surface area contributed by atoms with E-state index in [1.54, 1.807) is 6.07 Å². The average Bonchev–Trinajstić information content (AvgIpc) is 2.81. The Hall–Kier alpha value is -2.56. The number of nitrogens with zero attached hydrogens (tertiary/aromatic N) is 2. The van der Waals surface area contributed by atoms with Crippen LogP contribution in [0.5, 0.6) is 0 Å². The van der Waals surface area contributed by atoms with E-state index in [2.05, 4.69) is 29.1 Å². The molecule has 1 aromatic carbocycles. The van der Waals surface area contributed by atoms with Crippen molar-refractivity contribution in [3.63, 3.8) is 0 Å². The van der Waals surface area contributed by atoms with Crippen LogP contribution >= 0.6 is 0 Å². The van der Waals surface area contributed by atoms with Crippen molar-refractivity contribution >= 4 is 11.5 Å². The van der Waals surface area contributed by atoms with Gasteiger partial charge in [-0.2, -0.15) is 4.52 Å². The van der Waals surface area contributed by atoms with Crippen LogP contribution in [0.1, 0.15) is 18.9 Å². The molecular formula is C15H16N4O. The number of aromatic amines is 1. The molecule has 3 rings (SSSR count). The number of hydrogen-bond acceptors (Lipinski definition) is 3. The molecular weight excluding hydrogens is 252 g/mol. The summed E-state index contributed by atoms with van der Waals surface area (Å²) < 4.78 is 1.34. The highest BCUT2D eigenvalue weighted by atomic mass is 16.1. The van der Waals surface area contributed by atoms with Gasteiger partial charge in [-0.1, -0.05) is 37.6 Å². The highest BCUT2D eigenvalue weighted by Gasteiger charge is 2.06. The number of H-pyrrole nitrogens is 1. The summed E-state index contributed by atoms with van der Waals surface area (Å²) in [4.78, 5) is 16.4. The van der Waals surface area contributed by atoms with Gasteiger partial charge in [0.2, 0.25) is 0 Å². The maximum Gasteiger partial charge on any atom is 0.273 e. The number of nitrogen functional groups attached to an aromatic ring is 1. The number of nitrogens with one attached hydrogen (secondary N) is 1. The third-order valence-corrected chi connectivity index (χ3v) is 3.26. The van der Waals surface area contributed by atoms with Gasteiger partial charge in [0.05, 0.1) is 5.69 Å². The van der Waals surface area contributed by atoms with Crippen molar-refractivity contribution in [3.05, 3.63) is 52.3 Å². The number of hydrogen-bond donors (Lipinski definition) is 2. The molecule has 0 amide bonds. The lowest BCUT2D eigenvalue weighted by Crippen LogP contribution is -2.14.